The second kappa shape index (κ2) is 10.4. The lowest BCUT2D eigenvalue weighted by Crippen LogP contribution is -2.21. The van der Waals surface area contributed by atoms with E-state index in [0.717, 1.165) is 31.0 Å². The Balaban J connectivity index is 0.00000147. The number of nitrogens with one attached hydrogen (secondary N) is 1. The van der Waals surface area contributed by atoms with Crippen molar-refractivity contribution < 1.29 is 0 Å². The molecular weight excluding hydrogens is 341 g/mol. The molecule has 0 fully saturated rings. The van der Waals surface area contributed by atoms with Crippen LogP contribution in [0.15, 0.2) is 59.7 Å². The smallest absolute Gasteiger partial charge is 0.0974 e. The van der Waals surface area contributed by atoms with Gasteiger partial charge in [-0.2, -0.15) is 0 Å². The fourth-order valence-corrected chi connectivity index (χ4v) is 2.44. The highest BCUT2D eigenvalue weighted by atomic mass is 35.5. The molecule has 2 heterocycles. The van der Waals surface area contributed by atoms with E-state index in [1.54, 1.807) is 0 Å². The normalized spacial score (nSPS) is 13.5. The van der Waals surface area contributed by atoms with Gasteiger partial charge >= 0.3 is 0 Å². The molecule has 1 aromatic heterocycles. The monoisotopic (exact) mass is 359 g/mol. The first-order valence-corrected chi connectivity index (χ1v) is 6.66. The van der Waals surface area contributed by atoms with Gasteiger partial charge in [0.1, 0.15) is 0 Å². The van der Waals surface area contributed by atoms with Gasteiger partial charge in [-0.05, 0) is 17.7 Å². The van der Waals surface area contributed by atoms with Gasteiger partial charge < -0.3 is 5.32 Å². The Morgan fingerprint density at radius 2 is 1.68 bits per heavy atom. The van der Waals surface area contributed by atoms with Crippen LogP contribution in [0.3, 0.4) is 0 Å². The Bertz CT molecular complexity index is 522. The third-order valence-electron chi connectivity index (χ3n) is 3.39. The molecule has 0 spiro atoms. The molecule has 22 heavy (non-hydrogen) atoms. The zero-order valence-electron chi connectivity index (χ0n) is 12.0. The summed E-state index contributed by atoms with van der Waals surface area (Å²) in [7, 11) is 0. The third kappa shape index (κ3) is 5.16. The largest absolute Gasteiger partial charge is 0.372 e. The highest BCUT2D eigenvalue weighted by molar-refractivity contribution is 5.86. The van der Waals surface area contributed by atoms with E-state index in [1.807, 2.05) is 24.4 Å². The first-order valence-electron chi connectivity index (χ1n) is 6.66. The number of hydrogen-bond donors (Lipinski definition) is 1. The van der Waals surface area contributed by atoms with E-state index in [9.17, 15) is 0 Å². The lowest BCUT2D eigenvalue weighted by atomic mass is 9.91. The standard InChI is InChI=1S/C16H17N3.3ClH/c1-2-6-13(7-3-1)14(12-16-18-10-11-19-16)15-8-4-5-9-17-15;;;/h1-9,14H,10-12H2,(H,18,19);3*1H. The van der Waals surface area contributed by atoms with Crippen molar-refractivity contribution in [1.29, 1.82) is 0 Å². The number of amidine groups is 1. The van der Waals surface area contributed by atoms with E-state index in [2.05, 4.69) is 45.6 Å². The second-order valence-electron chi connectivity index (χ2n) is 4.68. The lowest BCUT2D eigenvalue weighted by Gasteiger charge is -2.17. The first-order chi connectivity index (χ1) is 9.43. The minimum atomic E-state index is 0. The molecule has 3 rings (SSSR count). The molecular formula is C16H20Cl3N3. The Labute approximate surface area is 149 Å². The Morgan fingerprint density at radius 1 is 0.955 bits per heavy atom. The van der Waals surface area contributed by atoms with E-state index in [0.29, 0.717) is 0 Å². The molecule has 1 N–H and O–H groups in total. The van der Waals surface area contributed by atoms with Gasteiger partial charge in [-0.3, -0.25) is 9.98 Å². The summed E-state index contributed by atoms with van der Waals surface area (Å²) in [5.74, 6) is 1.37. The average Bonchev–Trinajstić information content (AvgIpc) is 3.00. The highest BCUT2D eigenvalue weighted by Gasteiger charge is 2.19. The van der Waals surface area contributed by atoms with Crippen LogP contribution in [0.5, 0.6) is 0 Å². The number of rotatable bonds is 4. The summed E-state index contributed by atoms with van der Waals surface area (Å²) >= 11 is 0. The van der Waals surface area contributed by atoms with Crippen LogP contribution in [0, 0.1) is 0 Å². The number of halogens is 3. The van der Waals surface area contributed by atoms with Crippen LogP contribution in [0.25, 0.3) is 0 Å². The third-order valence-corrected chi connectivity index (χ3v) is 3.39. The fourth-order valence-electron chi connectivity index (χ4n) is 2.44. The molecule has 120 valence electrons. The summed E-state index contributed by atoms with van der Waals surface area (Å²) in [6.07, 6.45) is 2.75. The van der Waals surface area contributed by atoms with Crippen LogP contribution in [0.2, 0.25) is 0 Å². The van der Waals surface area contributed by atoms with E-state index in [-0.39, 0.29) is 43.1 Å². The summed E-state index contributed by atoms with van der Waals surface area (Å²) in [5, 5.41) is 3.35. The van der Waals surface area contributed by atoms with Gasteiger partial charge in [0.2, 0.25) is 0 Å². The average molecular weight is 361 g/mol. The summed E-state index contributed by atoms with van der Waals surface area (Å²) in [6, 6.07) is 16.6. The van der Waals surface area contributed by atoms with Crippen LogP contribution in [-0.2, 0) is 0 Å². The van der Waals surface area contributed by atoms with Crippen LogP contribution < -0.4 is 5.32 Å². The molecule has 0 amide bonds. The lowest BCUT2D eigenvalue weighted by molar-refractivity contribution is 0.801. The molecule has 3 nitrogen and oxygen atoms in total. The van der Waals surface area contributed by atoms with Crippen LogP contribution >= 0.6 is 37.2 Å². The SMILES string of the molecule is Cl.Cl.Cl.c1ccc(C(CC2=NCCN2)c2ccccn2)cc1. The molecule has 1 aliphatic heterocycles. The Kier molecular flexibility index (Phi) is 9.83. The molecule has 6 heteroatoms. The highest BCUT2D eigenvalue weighted by Crippen LogP contribution is 2.26. The van der Waals surface area contributed by atoms with Crippen molar-refractivity contribution in [3.05, 3.63) is 66.0 Å². The van der Waals surface area contributed by atoms with E-state index < -0.39 is 0 Å². The van der Waals surface area contributed by atoms with Gasteiger partial charge in [-0.1, -0.05) is 36.4 Å². The number of hydrogen-bond acceptors (Lipinski definition) is 3. The quantitative estimate of drug-likeness (QED) is 0.898. The maximum absolute atomic E-state index is 4.51. The molecule has 0 saturated heterocycles. The summed E-state index contributed by atoms with van der Waals surface area (Å²) < 4.78 is 0. The Morgan fingerprint density at radius 3 is 2.27 bits per heavy atom. The van der Waals surface area contributed by atoms with E-state index >= 15 is 0 Å². The molecule has 0 bridgehead atoms. The Hall–Kier alpha value is -1.29. The molecule has 0 saturated carbocycles. The minimum absolute atomic E-state index is 0. The van der Waals surface area contributed by atoms with Crippen LogP contribution in [-0.4, -0.2) is 23.9 Å². The summed E-state index contributed by atoms with van der Waals surface area (Å²) in [5.41, 5.74) is 2.39. The molecule has 1 aromatic carbocycles. The molecule has 1 atom stereocenters. The van der Waals surface area contributed by atoms with Crippen molar-refractivity contribution in [3.8, 4) is 0 Å². The number of nitrogens with zero attached hydrogens (tertiary/aromatic N) is 2. The van der Waals surface area contributed by atoms with Gasteiger partial charge in [-0.15, -0.1) is 37.2 Å². The number of aliphatic imine (C=N–C) groups is 1. The van der Waals surface area contributed by atoms with E-state index in [4.69, 9.17) is 0 Å². The van der Waals surface area contributed by atoms with E-state index in [1.165, 1.54) is 5.56 Å². The fraction of sp³-hybridized carbons (Fsp3) is 0.250. The topological polar surface area (TPSA) is 37.3 Å². The maximum Gasteiger partial charge on any atom is 0.0974 e. The van der Waals surface area contributed by atoms with Gasteiger partial charge in [-0.25, -0.2) is 0 Å². The zero-order valence-corrected chi connectivity index (χ0v) is 14.5. The predicted octanol–water partition coefficient (Wildman–Crippen LogP) is 3.87. The number of pyridine rings is 1. The van der Waals surface area contributed by atoms with Gasteiger partial charge in [0.25, 0.3) is 0 Å². The molecule has 1 unspecified atom stereocenters. The van der Waals surface area contributed by atoms with Crippen molar-refractivity contribution in [2.24, 2.45) is 4.99 Å². The zero-order chi connectivity index (χ0) is 12.9. The molecule has 2 aromatic rings. The van der Waals surface area contributed by atoms with Gasteiger partial charge in [0.05, 0.1) is 12.4 Å². The minimum Gasteiger partial charge on any atom is -0.372 e. The van der Waals surface area contributed by atoms with Crippen molar-refractivity contribution in [1.82, 2.24) is 10.3 Å². The second-order valence-corrected chi connectivity index (χ2v) is 4.68. The van der Waals surface area contributed by atoms with Crippen molar-refractivity contribution >= 4 is 43.1 Å². The van der Waals surface area contributed by atoms with Crippen molar-refractivity contribution in [3.63, 3.8) is 0 Å². The number of benzene rings is 1. The summed E-state index contributed by atoms with van der Waals surface area (Å²) in [6.45, 7) is 1.85. The predicted molar refractivity (Wildman–Crippen MR) is 99.2 cm³/mol. The molecule has 0 aliphatic carbocycles. The van der Waals surface area contributed by atoms with Crippen molar-refractivity contribution in [2.45, 2.75) is 12.3 Å². The van der Waals surface area contributed by atoms with Crippen LogP contribution in [0.1, 0.15) is 23.6 Å². The molecule has 0 radical (unpaired) electrons. The maximum atomic E-state index is 4.51. The molecule has 1 aliphatic rings. The number of aromatic nitrogens is 1. The van der Waals surface area contributed by atoms with Crippen molar-refractivity contribution in [2.75, 3.05) is 13.1 Å². The van der Waals surface area contributed by atoms with Crippen LogP contribution in [0.4, 0.5) is 0 Å². The van der Waals surface area contributed by atoms with Gasteiger partial charge in [0, 0.05) is 30.8 Å². The summed E-state index contributed by atoms with van der Waals surface area (Å²) in [4.78, 5) is 9.02. The first kappa shape index (κ1) is 20.7. The van der Waals surface area contributed by atoms with Gasteiger partial charge in [0.15, 0.2) is 0 Å².